The number of benzene rings is 1. The number of nitrogens with one attached hydrogen (secondary N) is 1. The van der Waals surface area contributed by atoms with E-state index in [-0.39, 0.29) is 5.54 Å². The van der Waals surface area contributed by atoms with E-state index in [1.54, 1.807) is 11.3 Å². The summed E-state index contributed by atoms with van der Waals surface area (Å²) >= 11 is 7.75. The molecule has 0 fully saturated rings. The van der Waals surface area contributed by atoms with Crippen LogP contribution in [0.15, 0.2) is 36.4 Å². The van der Waals surface area contributed by atoms with Crippen LogP contribution in [0.25, 0.3) is 0 Å². The molecule has 0 aliphatic rings. The first kappa shape index (κ1) is 16.5. The fourth-order valence-corrected chi connectivity index (χ4v) is 3.53. The lowest BCUT2D eigenvalue weighted by Gasteiger charge is -2.25. The van der Waals surface area contributed by atoms with E-state index >= 15 is 0 Å². The summed E-state index contributed by atoms with van der Waals surface area (Å²) in [5, 5.41) is 3.64. The molecular formula is C18H24ClNS. The maximum Gasteiger partial charge on any atom is 0.0931 e. The van der Waals surface area contributed by atoms with E-state index in [1.165, 1.54) is 16.0 Å². The minimum atomic E-state index is 0.134. The first-order chi connectivity index (χ1) is 9.83. The fraction of sp³-hybridized carbons (Fsp3) is 0.444. The Morgan fingerprint density at radius 1 is 1.19 bits per heavy atom. The van der Waals surface area contributed by atoms with Gasteiger partial charge in [-0.25, -0.2) is 0 Å². The van der Waals surface area contributed by atoms with Gasteiger partial charge in [0.25, 0.3) is 0 Å². The first-order valence-corrected chi connectivity index (χ1v) is 8.59. The molecule has 0 radical (unpaired) electrons. The number of halogens is 1. The lowest BCUT2D eigenvalue weighted by molar-refractivity contribution is 0.405. The number of thiophene rings is 1. The molecule has 1 nitrogen and oxygen atoms in total. The maximum absolute atomic E-state index is 6.07. The summed E-state index contributed by atoms with van der Waals surface area (Å²) in [5.74, 6) is 0.471. The lowest BCUT2D eigenvalue weighted by Crippen LogP contribution is -2.39. The molecule has 0 bridgehead atoms. The monoisotopic (exact) mass is 321 g/mol. The van der Waals surface area contributed by atoms with Crippen LogP contribution in [0.1, 0.15) is 42.7 Å². The molecule has 1 aromatic carbocycles. The van der Waals surface area contributed by atoms with Crippen molar-refractivity contribution in [3.63, 3.8) is 0 Å². The number of rotatable bonds is 5. The van der Waals surface area contributed by atoms with E-state index in [0.717, 1.165) is 17.3 Å². The van der Waals surface area contributed by atoms with Gasteiger partial charge in [0.2, 0.25) is 0 Å². The van der Waals surface area contributed by atoms with Crippen molar-refractivity contribution in [1.82, 2.24) is 5.32 Å². The lowest BCUT2D eigenvalue weighted by atomic mass is 9.92. The molecule has 1 heterocycles. The minimum absolute atomic E-state index is 0.134. The maximum atomic E-state index is 6.07. The standard InChI is InChI=1S/C18H24ClNS/c1-13-6-5-7-14(10-13)15(12-20-18(2,3)4)11-16-8-9-17(19)21-16/h5-10,15,20H,11-12H2,1-4H3. The van der Waals surface area contributed by atoms with E-state index in [0.29, 0.717) is 5.92 Å². The Kier molecular flexibility index (Phi) is 5.48. The van der Waals surface area contributed by atoms with Gasteiger partial charge >= 0.3 is 0 Å². The van der Waals surface area contributed by atoms with Gasteiger partial charge in [-0.3, -0.25) is 0 Å². The molecule has 1 N–H and O–H groups in total. The van der Waals surface area contributed by atoms with Gasteiger partial charge < -0.3 is 5.32 Å². The van der Waals surface area contributed by atoms with E-state index in [2.05, 4.69) is 63.3 Å². The zero-order valence-corrected chi connectivity index (χ0v) is 14.8. The topological polar surface area (TPSA) is 12.0 Å². The van der Waals surface area contributed by atoms with Gasteiger partial charge in [-0.1, -0.05) is 41.4 Å². The fourth-order valence-electron chi connectivity index (χ4n) is 2.37. The summed E-state index contributed by atoms with van der Waals surface area (Å²) in [6.45, 7) is 9.76. The molecule has 3 heteroatoms. The second kappa shape index (κ2) is 6.95. The summed E-state index contributed by atoms with van der Waals surface area (Å²) in [5.41, 5.74) is 2.85. The van der Waals surface area contributed by atoms with Crippen LogP contribution in [0.5, 0.6) is 0 Å². The second-order valence-corrected chi connectivity index (χ2v) is 8.45. The largest absolute Gasteiger partial charge is 0.311 e. The molecule has 1 aromatic heterocycles. The van der Waals surface area contributed by atoms with E-state index in [4.69, 9.17) is 11.6 Å². The SMILES string of the molecule is Cc1cccc(C(CNC(C)(C)C)Cc2ccc(Cl)s2)c1. The van der Waals surface area contributed by atoms with Gasteiger partial charge in [-0.05, 0) is 51.8 Å². The van der Waals surface area contributed by atoms with Crippen molar-refractivity contribution in [1.29, 1.82) is 0 Å². The van der Waals surface area contributed by atoms with Crippen molar-refractivity contribution >= 4 is 22.9 Å². The van der Waals surface area contributed by atoms with Gasteiger partial charge in [0.05, 0.1) is 4.34 Å². The van der Waals surface area contributed by atoms with Crippen molar-refractivity contribution < 1.29 is 0 Å². The van der Waals surface area contributed by atoms with Crippen LogP contribution in [0.2, 0.25) is 4.34 Å². The van der Waals surface area contributed by atoms with Crippen LogP contribution >= 0.6 is 22.9 Å². The highest BCUT2D eigenvalue weighted by atomic mass is 35.5. The molecule has 0 saturated heterocycles. The molecule has 2 aromatic rings. The normalized spacial score (nSPS) is 13.4. The van der Waals surface area contributed by atoms with Crippen molar-refractivity contribution in [2.45, 2.75) is 45.6 Å². The molecule has 21 heavy (non-hydrogen) atoms. The number of hydrogen-bond donors (Lipinski definition) is 1. The highest BCUT2D eigenvalue weighted by molar-refractivity contribution is 7.16. The van der Waals surface area contributed by atoms with Gasteiger partial charge in [0.1, 0.15) is 0 Å². The molecule has 1 atom stereocenters. The highest BCUT2D eigenvalue weighted by Gasteiger charge is 2.17. The Labute approximate surface area is 137 Å². The van der Waals surface area contributed by atoms with Crippen LogP contribution in [0.3, 0.4) is 0 Å². The molecule has 0 spiro atoms. The third-order valence-corrected chi connectivity index (χ3v) is 4.72. The number of aryl methyl sites for hydroxylation is 1. The third kappa shape index (κ3) is 5.46. The van der Waals surface area contributed by atoms with Gasteiger partial charge in [-0.15, -0.1) is 11.3 Å². The Morgan fingerprint density at radius 3 is 2.52 bits per heavy atom. The van der Waals surface area contributed by atoms with Crippen LogP contribution in [0, 0.1) is 6.92 Å². The van der Waals surface area contributed by atoms with Crippen molar-refractivity contribution in [3.05, 3.63) is 56.7 Å². The molecule has 114 valence electrons. The van der Waals surface area contributed by atoms with Crippen LogP contribution in [0.4, 0.5) is 0 Å². The van der Waals surface area contributed by atoms with Gasteiger partial charge in [-0.2, -0.15) is 0 Å². The molecule has 0 saturated carbocycles. The second-order valence-electron chi connectivity index (χ2n) is 6.65. The Bertz CT molecular complexity index is 583. The summed E-state index contributed by atoms with van der Waals surface area (Å²) in [7, 11) is 0. The highest BCUT2D eigenvalue weighted by Crippen LogP contribution is 2.28. The van der Waals surface area contributed by atoms with Crippen LogP contribution in [-0.2, 0) is 6.42 Å². The zero-order valence-electron chi connectivity index (χ0n) is 13.2. The molecular weight excluding hydrogens is 298 g/mol. The minimum Gasteiger partial charge on any atom is -0.311 e. The molecule has 0 aliphatic carbocycles. The van der Waals surface area contributed by atoms with Crippen LogP contribution in [-0.4, -0.2) is 12.1 Å². The summed E-state index contributed by atoms with van der Waals surface area (Å²) in [4.78, 5) is 1.35. The van der Waals surface area contributed by atoms with E-state index in [9.17, 15) is 0 Å². The van der Waals surface area contributed by atoms with Gasteiger partial charge in [0.15, 0.2) is 0 Å². The smallest absolute Gasteiger partial charge is 0.0931 e. The molecule has 0 aliphatic heterocycles. The average Bonchev–Trinajstić information content (AvgIpc) is 2.79. The van der Waals surface area contributed by atoms with Crippen molar-refractivity contribution in [2.24, 2.45) is 0 Å². The predicted octanol–water partition coefficient (Wildman–Crippen LogP) is 5.42. The predicted molar refractivity (Wildman–Crippen MR) is 94.7 cm³/mol. The quantitative estimate of drug-likeness (QED) is 0.774. The molecule has 1 unspecified atom stereocenters. The van der Waals surface area contributed by atoms with Crippen molar-refractivity contribution in [3.8, 4) is 0 Å². The Balaban J connectivity index is 2.17. The van der Waals surface area contributed by atoms with E-state index < -0.39 is 0 Å². The zero-order chi connectivity index (χ0) is 15.5. The van der Waals surface area contributed by atoms with Gasteiger partial charge in [0, 0.05) is 22.9 Å². The summed E-state index contributed by atoms with van der Waals surface area (Å²) in [6.07, 6.45) is 1.03. The van der Waals surface area contributed by atoms with Crippen molar-refractivity contribution in [2.75, 3.05) is 6.54 Å². The van der Waals surface area contributed by atoms with Crippen LogP contribution < -0.4 is 5.32 Å². The third-order valence-electron chi connectivity index (χ3n) is 3.47. The molecule has 2 rings (SSSR count). The van der Waals surface area contributed by atoms with E-state index in [1.807, 2.05) is 6.07 Å². The number of hydrogen-bond acceptors (Lipinski definition) is 2. The molecule has 0 amide bonds. The average molecular weight is 322 g/mol. The Morgan fingerprint density at radius 2 is 1.95 bits per heavy atom. The summed E-state index contributed by atoms with van der Waals surface area (Å²) in [6, 6.07) is 13.0. The first-order valence-electron chi connectivity index (χ1n) is 7.39. The Hall–Kier alpha value is -0.830. The summed E-state index contributed by atoms with van der Waals surface area (Å²) < 4.78 is 0.872.